The molecule has 0 aromatic carbocycles. The molecule has 0 bridgehead atoms. The van der Waals surface area contributed by atoms with E-state index < -0.39 is 0 Å². The van der Waals surface area contributed by atoms with Crippen molar-refractivity contribution in [1.29, 1.82) is 0 Å². The lowest BCUT2D eigenvalue weighted by Gasteiger charge is -2.26. The van der Waals surface area contributed by atoms with Crippen LogP contribution in [0.3, 0.4) is 0 Å². The molecule has 5 heteroatoms. The van der Waals surface area contributed by atoms with Gasteiger partial charge >= 0.3 is 0 Å². The normalized spacial score (nSPS) is 17.6. The first-order valence-corrected chi connectivity index (χ1v) is 7.09. The molecule has 0 spiro atoms. The lowest BCUT2D eigenvalue weighted by molar-refractivity contribution is -0.119. The highest BCUT2D eigenvalue weighted by Gasteiger charge is 2.14. The fourth-order valence-electron chi connectivity index (χ4n) is 1.82. The minimum atomic E-state index is 0.316. The van der Waals surface area contributed by atoms with Gasteiger partial charge in [-0.2, -0.15) is 0 Å². The minimum absolute atomic E-state index is 0.316. The SMILES string of the molecule is O=C(Cc1cc(Br)cs1)CN1CCNCC1. The van der Waals surface area contributed by atoms with Crippen LogP contribution >= 0.6 is 27.3 Å². The first-order chi connectivity index (χ1) is 7.74. The molecule has 1 fully saturated rings. The Morgan fingerprint density at radius 3 is 2.88 bits per heavy atom. The summed E-state index contributed by atoms with van der Waals surface area (Å²) in [6.45, 7) is 4.56. The molecule has 0 atom stereocenters. The molecule has 88 valence electrons. The first-order valence-electron chi connectivity index (χ1n) is 5.42. The van der Waals surface area contributed by atoms with Gasteiger partial charge in [-0.3, -0.25) is 9.69 Å². The Morgan fingerprint density at radius 1 is 1.50 bits per heavy atom. The van der Waals surface area contributed by atoms with Crippen LogP contribution in [0.2, 0.25) is 0 Å². The van der Waals surface area contributed by atoms with Gasteiger partial charge in [0, 0.05) is 47.3 Å². The maximum absolute atomic E-state index is 11.8. The van der Waals surface area contributed by atoms with Crippen molar-refractivity contribution in [3.8, 4) is 0 Å². The Morgan fingerprint density at radius 2 is 2.25 bits per heavy atom. The predicted octanol–water partition coefficient (Wildman–Crippen LogP) is 1.53. The van der Waals surface area contributed by atoms with Crippen LogP contribution in [0.25, 0.3) is 0 Å². The van der Waals surface area contributed by atoms with Gasteiger partial charge in [0.2, 0.25) is 0 Å². The highest BCUT2D eigenvalue weighted by molar-refractivity contribution is 9.10. The zero-order valence-electron chi connectivity index (χ0n) is 9.04. The van der Waals surface area contributed by atoms with Crippen molar-refractivity contribution in [1.82, 2.24) is 10.2 Å². The lowest BCUT2D eigenvalue weighted by atomic mass is 10.2. The molecule has 3 nitrogen and oxygen atoms in total. The molecule has 0 saturated carbocycles. The summed E-state index contributed by atoms with van der Waals surface area (Å²) in [5.41, 5.74) is 0. The Kier molecular flexibility index (Phi) is 4.52. The van der Waals surface area contributed by atoms with E-state index in [4.69, 9.17) is 0 Å². The summed E-state index contributed by atoms with van der Waals surface area (Å²) < 4.78 is 1.07. The topological polar surface area (TPSA) is 32.3 Å². The van der Waals surface area contributed by atoms with Crippen LogP contribution in [-0.2, 0) is 11.2 Å². The van der Waals surface area contributed by atoms with Gasteiger partial charge in [0.05, 0.1) is 6.54 Å². The van der Waals surface area contributed by atoms with Crippen molar-refractivity contribution in [2.24, 2.45) is 0 Å². The third-order valence-electron chi connectivity index (χ3n) is 2.60. The molecule has 1 aliphatic rings. The van der Waals surface area contributed by atoms with E-state index in [9.17, 15) is 4.79 Å². The molecule has 2 rings (SSSR count). The molecule has 16 heavy (non-hydrogen) atoms. The van der Waals surface area contributed by atoms with Gasteiger partial charge in [-0.05, 0) is 22.0 Å². The van der Waals surface area contributed by atoms with Gasteiger partial charge in [0.25, 0.3) is 0 Å². The molecule has 1 aromatic heterocycles. The quantitative estimate of drug-likeness (QED) is 0.915. The van der Waals surface area contributed by atoms with E-state index >= 15 is 0 Å². The van der Waals surface area contributed by atoms with Crippen molar-refractivity contribution in [2.45, 2.75) is 6.42 Å². The van der Waals surface area contributed by atoms with Gasteiger partial charge in [-0.1, -0.05) is 0 Å². The Labute approximate surface area is 108 Å². The smallest absolute Gasteiger partial charge is 0.152 e. The summed E-state index contributed by atoms with van der Waals surface area (Å²) in [7, 11) is 0. The molecule has 1 saturated heterocycles. The number of hydrogen-bond donors (Lipinski definition) is 1. The van der Waals surface area contributed by atoms with E-state index in [1.54, 1.807) is 11.3 Å². The zero-order valence-corrected chi connectivity index (χ0v) is 11.4. The number of rotatable bonds is 4. The molecular formula is C11H15BrN2OS. The van der Waals surface area contributed by atoms with E-state index in [0.717, 1.165) is 35.5 Å². The average molecular weight is 303 g/mol. The van der Waals surface area contributed by atoms with Gasteiger partial charge < -0.3 is 5.32 Å². The van der Waals surface area contributed by atoms with Gasteiger partial charge in [-0.15, -0.1) is 11.3 Å². The van der Waals surface area contributed by atoms with E-state index in [1.807, 2.05) is 11.4 Å². The second-order valence-electron chi connectivity index (χ2n) is 3.97. The predicted molar refractivity (Wildman–Crippen MR) is 70.0 cm³/mol. The fourth-order valence-corrected chi connectivity index (χ4v) is 3.29. The van der Waals surface area contributed by atoms with Crippen LogP contribution in [0.15, 0.2) is 15.9 Å². The van der Waals surface area contributed by atoms with Gasteiger partial charge in [0.15, 0.2) is 5.78 Å². The second kappa shape index (κ2) is 5.91. The first kappa shape index (κ1) is 12.2. The number of carbonyl (C=O) groups is 1. The number of carbonyl (C=O) groups excluding carboxylic acids is 1. The third-order valence-corrected chi connectivity index (χ3v) is 4.30. The van der Waals surface area contributed by atoms with Crippen LogP contribution in [0.4, 0.5) is 0 Å². The van der Waals surface area contributed by atoms with Crippen LogP contribution in [-0.4, -0.2) is 43.4 Å². The molecule has 2 heterocycles. The van der Waals surface area contributed by atoms with Crippen molar-refractivity contribution in [3.63, 3.8) is 0 Å². The number of Topliss-reactive ketones (excluding diaryl/α,β-unsaturated/α-hetero) is 1. The Hall–Kier alpha value is -0.230. The number of nitrogens with one attached hydrogen (secondary N) is 1. The molecule has 0 unspecified atom stereocenters. The van der Waals surface area contributed by atoms with Gasteiger partial charge in [0.1, 0.15) is 0 Å². The molecule has 1 aromatic rings. The number of ketones is 1. The molecular weight excluding hydrogens is 288 g/mol. The molecule has 0 amide bonds. The highest BCUT2D eigenvalue weighted by Crippen LogP contribution is 2.20. The van der Waals surface area contributed by atoms with E-state index in [0.29, 0.717) is 18.7 Å². The molecule has 1 N–H and O–H groups in total. The number of thiophene rings is 1. The Bertz CT molecular complexity index is 361. The average Bonchev–Trinajstić information content (AvgIpc) is 2.65. The van der Waals surface area contributed by atoms with Crippen LogP contribution in [0.1, 0.15) is 4.88 Å². The maximum Gasteiger partial charge on any atom is 0.152 e. The summed E-state index contributed by atoms with van der Waals surface area (Å²) in [5, 5.41) is 5.31. The lowest BCUT2D eigenvalue weighted by Crippen LogP contribution is -2.45. The van der Waals surface area contributed by atoms with Crippen molar-refractivity contribution < 1.29 is 4.79 Å². The second-order valence-corrected chi connectivity index (χ2v) is 5.88. The van der Waals surface area contributed by atoms with E-state index in [1.165, 1.54) is 0 Å². The van der Waals surface area contributed by atoms with Crippen LogP contribution < -0.4 is 5.32 Å². The fraction of sp³-hybridized carbons (Fsp3) is 0.545. The minimum Gasteiger partial charge on any atom is -0.314 e. The number of piperazine rings is 1. The van der Waals surface area contributed by atoms with Crippen molar-refractivity contribution in [2.75, 3.05) is 32.7 Å². The van der Waals surface area contributed by atoms with Gasteiger partial charge in [-0.25, -0.2) is 0 Å². The molecule has 0 radical (unpaired) electrons. The van der Waals surface area contributed by atoms with Crippen LogP contribution in [0.5, 0.6) is 0 Å². The number of hydrogen-bond acceptors (Lipinski definition) is 4. The monoisotopic (exact) mass is 302 g/mol. The summed E-state index contributed by atoms with van der Waals surface area (Å²) in [6.07, 6.45) is 0.570. The van der Waals surface area contributed by atoms with Crippen molar-refractivity contribution in [3.05, 3.63) is 20.8 Å². The highest BCUT2D eigenvalue weighted by atomic mass is 79.9. The van der Waals surface area contributed by atoms with E-state index in [2.05, 4.69) is 26.1 Å². The molecule has 0 aliphatic carbocycles. The van der Waals surface area contributed by atoms with Crippen LogP contribution in [0, 0.1) is 0 Å². The largest absolute Gasteiger partial charge is 0.314 e. The maximum atomic E-state index is 11.8. The summed E-state index contributed by atoms with van der Waals surface area (Å²) in [6, 6.07) is 2.03. The van der Waals surface area contributed by atoms with Crippen molar-refractivity contribution >= 4 is 33.0 Å². The standard InChI is InChI=1S/C11H15BrN2OS/c12-9-5-11(16-8-9)6-10(15)7-14-3-1-13-2-4-14/h5,8,13H,1-4,6-7H2. The zero-order chi connectivity index (χ0) is 11.4. The number of halogens is 1. The number of nitrogens with zero attached hydrogens (tertiary/aromatic N) is 1. The molecule has 1 aliphatic heterocycles. The summed E-state index contributed by atoms with van der Waals surface area (Å²) >= 11 is 5.04. The third kappa shape index (κ3) is 3.66. The summed E-state index contributed by atoms with van der Waals surface area (Å²) in [4.78, 5) is 15.2. The Balaban J connectivity index is 1.79. The van der Waals surface area contributed by atoms with E-state index in [-0.39, 0.29) is 0 Å². The summed E-state index contributed by atoms with van der Waals surface area (Å²) in [5.74, 6) is 0.316.